The van der Waals surface area contributed by atoms with Gasteiger partial charge in [-0.05, 0) is 18.2 Å². The molecule has 0 spiro atoms. The summed E-state index contributed by atoms with van der Waals surface area (Å²) >= 11 is 0.942. The third-order valence-corrected chi connectivity index (χ3v) is 7.84. The number of thiazole rings is 1. The molecule has 186 valence electrons. The molecule has 35 heavy (non-hydrogen) atoms. The molecule has 1 amide bonds. The van der Waals surface area contributed by atoms with Crippen molar-refractivity contribution < 1.29 is 31.3 Å². The molecule has 0 aliphatic rings. The Morgan fingerprint density at radius 3 is 2.43 bits per heavy atom. The van der Waals surface area contributed by atoms with Gasteiger partial charge in [0.2, 0.25) is 10.0 Å². The van der Waals surface area contributed by atoms with E-state index in [1.807, 2.05) is 0 Å². The van der Waals surface area contributed by atoms with Crippen LogP contribution in [0.3, 0.4) is 0 Å². The lowest BCUT2D eigenvalue weighted by Crippen LogP contribution is -2.31. The summed E-state index contributed by atoms with van der Waals surface area (Å²) < 4.78 is 67.0. The number of sulfonamides is 1. The Kier molecular flexibility index (Phi) is 7.57. The molecule has 0 atom stereocenters. The maximum Gasteiger partial charge on any atom is 0.423 e. The lowest BCUT2D eigenvalue weighted by Gasteiger charge is -2.20. The number of carbonyl (C=O) groups is 1. The van der Waals surface area contributed by atoms with E-state index < -0.39 is 43.8 Å². The third-order valence-electron chi connectivity index (χ3n) is 4.97. The minimum absolute atomic E-state index is 0.00644. The van der Waals surface area contributed by atoms with Crippen LogP contribution in [0.4, 0.5) is 24.0 Å². The van der Waals surface area contributed by atoms with Crippen molar-refractivity contribution in [2.45, 2.75) is 24.9 Å². The topological polar surface area (TPSA) is 123 Å². The first-order chi connectivity index (χ1) is 16.4. The number of alkyl halides is 3. The van der Waals surface area contributed by atoms with Gasteiger partial charge in [0.15, 0.2) is 5.13 Å². The minimum atomic E-state index is -5.03. The SMILES string of the molecule is CCN(CC)S(=O)(=O)c1ccccc1-c1csc(NC(=O)c2ccc([N+](=O)[O-])c(C(F)(F)F)c2)n1. The summed E-state index contributed by atoms with van der Waals surface area (Å²) in [6.07, 6.45) is -5.03. The molecule has 0 bridgehead atoms. The molecular formula is C21H19F3N4O5S2. The van der Waals surface area contributed by atoms with E-state index in [1.165, 1.54) is 15.8 Å². The second kappa shape index (κ2) is 10.1. The number of halogens is 3. The first-order valence-electron chi connectivity index (χ1n) is 10.1. The monoisotopic (exact) mass is 528 g/mol. The molecule has 3 aromatic rings. The maximum atomic E-state index is 13.2. The van der Waals surface area contributed by atoms with Crippen LogP contribution in [0.15, 0.2) is 52.7 Å². The van der Waals surface area contributed by atoms with Crippen molar-refractivity contribution in [1.82, 2.24) is 9.29 Å². The Morgan fingerprint density at radius 1 is 1.17 bits per heavy atom. The van der Waals surface area contributed by atoms with E-state index in [2.05, 4.69) is 10.3 Å². The Bertz CT molecular complexity index is 1370. The summed E-state index contributed by atoms with van der Waals surface area (Å²) in [5, 5.41) is 14.8. The van der Waals surface area contributed by atoms with Gasteiger partial charge in [0, 0.05) is 35.7 Å². The van der Waals surface area contributed by atoms with Gasteiger partial charge in [-0.1, -0.05) is 32.0 Å². The fourth-order valence-corrected chi connectivity index (χ4v) is 5.66. The van der Waals surface area contributed by atoms with Crippen LogP contribution in [0.1, 0.15) is 29.8 Å². The highest BCUT2D eigenvalue weighted by Gasteiger charge is 2.39. The molecule has 0 aliphatic carbocycles. The van der Waals surface area contributed by atoms with Gasteiger partial charge in [-0.15, -0.1) is 11.3 Å². The standard InChI is InChI=1S/C21H19F3N4O5S2/c1-3-27(4-2)35(32,33)18-8-6-5-7-14(18)16-12-34-20(25-16)26-19(29)13-9-10-17(28(30)31)15(11-13)21(22,23)24/h5-12H,3-4H2,1-2H3,(H,25,26,29). The van der Waals surface area contributed by atoms with E-state index in [0.29, 0.717) is 17.7 Å². The number of nitrogens with one attached hydrogen (secondary N) is 1. The number of nitro benzene ring substituents is 1. The van der Waals surface area contributed by atoms with Gasteiger partial charge >= 0.3 is 6.18 Å². The van der Waals surface area contributed by atoms with Gasteiger partial charge in [0.05, 0.1) is 15.5 Å². The van der Waals surface area contributed by atoms with Crippen LogP contribution in [0, 0.1) is 10.1 Å². The fourth-order valence-electron chi connectivity index (χ4n) is 3.29. The summed E-state index contributed by atoms with van der Waals surface area (Å²) in [4.78, 5) is 26.5. The summed E-state index contributed by atoms with van der Waals surface area (Å²) in [6.45, 7) is 3.95. The predicted octanol–water partition coefficient (Wildman–Crippen LogP) is 5.02. The smallest absolute Gasteiger partial charge is 0.298 e. The number of rotatable bonds is 8. The molecule has 2 aromatic carbocycles. The molecule has 1 aromatic heterocycles. The Balaban J connectivity index is 1.92. The van der Waals surface area contributed by atoms with Crippen LogP contribution in [0.2, 0.25) is 0 Å². The summed E-state index contributed by atoms with van der Waals surface area (Å²) in [5.41, 5.74) is -2.63. The fraction of sp³-hybridized carbons (Fsp3) is 0.238. The molecule has 0 saturated carbocycles. The number of amides is 1. The highest BCUT2D eigenvalue weighted by Crippen LogP contribution is 2.37. The third kappa shape index (κ3) is 5.49. The molecule has 3 rings (SSSR count). The zero-order chi connectivity index (χ0) is 26.0. The zero-order valence-corrected chi connectivity index (χ0v) is 20.0. The van der Waals surface area contributed by atoms with Crippen LogP contribution in [0.5, 0.6) is 0 Å². The van der Waals surface area contributed by atoms with Crippen LogP contribution >= 0.6 is 11.3 Å². The Labute approximate surface area is 202 Å². The molecule has 0 radical (unpaired) electrons. The number of benzene rings is 2. The summed E-state index contributed by atoms with van der Waals surface area (Å²) in [5.74, 6) is -0.963. The molecule has 1 N–H and O–H groups in total. The molecule has 0 fully saturated rings. The molecule has 0 saturated heterocycles. The van der Waals surface area contributed by atoms with E-state index in [-0.39, 0.29) is 28.8 Å². The molecule has 9 nitrogen and oxygen atoms in total. The van der Waals surface area contributed by atoms with E-state index in [4.69, 9.17) is 0 Å². The highest BCUT2D eigenvalue weighted by atomic mass is 32.2. The minimum Gasteiger partial charge on any atom is -0.298 e. The number of nitro groups is 1. The van der Waals surface area contributed by atoms with E-state index in [1.54, 1.807) is 32.0 Å². The average Bonchev–Trinajstić information content (AvgIpc) is 3.27. The summed E-state index contributed by atoms with van der Waals surface area (Å²) in [6, 6.07) is 8.11. The Morgan fingerprint density at radius 2 is 1.83 bits per heavy atom. The number of hydrogen-bond donors (Lipinski definition) is 1. The normalized spacial score (nSPS) is 12.1. The number of anilines is 1. The van der Waals surface area contributed by atoms with Gasteiger partial charge in [0.1, 0.15) is 5.56 Å². The molecule has 1 heterocycles. The molecule has 0 unspecified atom stereocenters. The lowest BCUT2D eigenvalue weighted by atomic mass is 10.1. The van der Waals surface area contributed by atoms with Crippen molar-refractivity contribution in [2.75, 3.05) is 18.4 Å². The van der Waals surface area contributed by atoms with Gasteiger partial charge in [-0.25, -0.2) is 13.4 Å². The van der Waals surface area contributed by atoms with E-state index in [9.17, 15) is 36.5 Å². The van der Waals surface area contributed by atoms with E-state index in [0.717, 1.165) is 17.4 Å². The van der Waals surface area contributed by atoms with Crippen LogP contribution in [-0.4, -0.2) is 41.6 Å². The zero-order valence-electron chi connectivity index (χ0n) is 18.4. The quantitative estimate of drug-likeness (QED) is 0.324. The highest BCUT2D eigenvalue weighted by molar-refractivity contribution is 7.89. The van der Waals surface area contributed by atoms with Gasteiger partial charge in [-0.3, -0.25) is 20.2 Å². The first-order valence-corrected chi connectivity index (χ1v) is 12.4. The van der Waals surface area contributed by atoms with Gasteiger partial charge in [0.25, 0.3) is 11.6 Å². The van der Waals surface area contributed by atoms with E-state index >= 15 is 0 Å². The number of nitrogens with zero attached hydrogens (tertiary/aromatic N) is 3. The second-order valence-corrected chi connectivity index (χ2v) is 9.83. The number of carbonyl (C=O) groups excluding carboxylic acids is 1. The van der Waals surface area contributed by atoms with Gasteiger partial charge < -0.3 is 0 Å². The Hall–Kier alpha value is -3.36. The van der Waals surface area contributed by atoms with Crippen LogP contribution in [0.25, 0.3) is 11.3 Å². The van der Waals surface area contributed by atoms with Crippen molar-refractivity contribution in [3.05, 3.63) is 69.1 Å². The predicted molar refractivity (Wildman–Crippen MR) is 124 cm³/mol. The second-order valence-electron chi connectivity index (χ2n) is 7.06. The molecule has 14 heteroatoms. The van der Waals surface area contributed by atoms with Crippen molar-refractivity contribution in [1.29, 1.82) is 0 Å². The van der Waals surface area contributed by atoms with Crippen LogP contribution < -0.4 is 5.32 Å². The maximum absolute atomic E-state index is 13.2. The van der Waals surface area contributed by atoms with Crippen LogP contribution in [-0.2, 0) is 16.2 Å². The van der Waals surface area contributed by atoms with Crippen molar-refractivity contribution in [3.8, 4) is 11.3 Å². The first kappa shape index (κ1) is 26.2. The van der Waals surface area contributed by atoms with Crippen molar-refractivity contribution in [3.63, 3.8) is 0 Å². The molecule has 0 aliphatic heterocycles. The van der Waals surface area contributed by atoms with Crippen molar-refractivity contribution in [2.24, 2.45) is 0 Å². The van der Waals surface area contributed by atoms with Gasteiger partial charge in [-0.2, -0.15) is 17.5 Å². The lowest BCUT2D eigenvalue weighted by molar-refractivity contribution is -0.388. The largest absolute Gasteiger partial charge is 0.423 e. The van der Waals surface area contributed by atoms with Crippen molar-refractivity contribution >= 4 is 38.1 Å². The molecular weight excluding hydrogens is 509 g/mol. The average molecular weight is 529 g/mol. The number of hydrogen-bond acceptors (Lipinski definition) is 7. The summed E-state index contributed by atoms with van der Waals surface area (Å²) in [7, 11) is -3.82. The number of aromatic nitrogens is 1.